The number of carbonyl (C=O) groups is 1. The predicted octanol–water partition coefficient (Wildman–Crippen LogP) is 5.13. The number of aryl methyl sites for hydroxylation is 1. The van der Waals surface area contributed by atoms with Crippen LogP contribution in [0.3, 0.4) is 0 Å². The monoisotopic (exact) mass is 400 g/mol. The van der Waals surface area contributed by atoms with Gasteiger partial charge in [-0.3, -0.25) is 9.78 Å². The van der Waals surface area contributed by atoms with Crippen molar-refractivity contribution in [1.82, 2.24) is 9.97 Å². The smallest absolute Gasteiger partial charge is 0.422 e. The van der Waals surface area contributed by atoms with Crippen LogP contribution >= 0.6 is 0 Å². The Morgan fingerprint density at radius 2 is 1.90 bits per heavy atom. The molecule has 4 rings (SSSR count). The van der Waals surface area contributed by atoms with Crippen LogP contribution in [0.1, 0.15) is 40.0 Å². The summed E-state index contributed by atoms with van der Waals surface area (Å²) in [6, 6.07) is 11.3. The molecule has 0 fully saturated rings. The quantitative estimate of drug-likeness (QED) is 0.646. The second-order valence-corrected chi connectivity index (χ2v) is 7.05. The predicted molar refractivity (Wildman–Crippen MR) is 102 cm³/mol. The number of hydrogen-bond acceptors (Lipinski definition) is 3. The number of fused-ring (bicyclic) bond motifs is 1. The Balaban J connectivity index is 1.81. The van der Waals surface area contributed by atoms with Crippen LogP contribution in [0.2, 0.25) is 0 Å². The number of H-pyrrole nitrogens is 1. The lowest BCUT2D eigenvalue weighted by molar-refractivity contribution is -0.153. The van der Waals surface area contributed by atoms with Gasteiger partial charge in [-0.05, 0) is 30.0 Å². The minimum atomic E-state index is -4.45. The van der Waals surface area contributed by atoms with Crippen molar-refractivity contribution in [2.45, 2.75) is 31.9 Å². The van der Waals surface area contributed by atoms with Crippen molar-refractivity contribution < 1.29 is 22.7 Å². The fraction of sp³-hybridized carbons (Fsp3) is 0.273. The van der Waals surface area contributed by atoms with Crippen LogP contribution < -0.4 is 4.74 Å². The van der Waals surface area contributed by atoms with E-state index in [2.05, 4.69) is 9.97 Å². The van der Waals surface area contributed by atoms with Crippen LogP contribution in [-0.2, 0) is 12.8 Å². The summed E-state index contributed by atoms with van der Waals surface area (Å²) in [6.45, 7) is -1.40. The number of hydrogen-bond donors (Lipinski definition) is 1. The van der Waals surface area contributed by atoms with Crippen molar-refractivity contribution in [2.24, 2.45) is 0 Å². The molecule has 29 heavy (non-hydrogen) atoms. The molecule has 1 N–H and O–H groups in total. The van der Waals surface area contributed by atoms with Crippen LogP contribution in [0.4, 0.5) is 13.2 Å². The number of aromatic nitrogens is 2. The standard InChI is InChI=1S/C22H19F3N2O2/c23-22(24,25)13-29-19-12-26-10-9-15(19)21-16(11-14-5-2-1-3-6-14)20-17(27-21)7-4-8-18(20)28/h1-3,5-6,9-10,12,27H,4,7-8,11,13H2. The third kappa shape index (κ3) is 4.18. The van der Waals surface area contributed by atoms with Crippen molar-refractivity contribution in [1.29, 1.82) is 0 Å². The molecule has 1 aliphatic rings. The van der Waals surface area contributed by atoms with E-state index >= 15 is 0 Å². The van der Waals surface area contributed by atoms with E-state index in [0.29, 0.717) is 29.7 Å². The number of alkyl halides is 3. The number of nitrogens with zero attached hydrogens (tertiary/aromatic N) is 1. The zero-order valence-corrected chi connectivity index (χ0v) is 15.6. The summed E-state index contributed by atoms with van der Waals surface area (Å²) in [5.41, 5.74) is 4.39. The molecule has 0 bridgehead atoms. The second kappa shape index (κ2) is 7.73. The number of nitrogens with one attached hydrogen (secondary N) is 1. The van der Waals surface area contributed by atoms with Crippen molar-refractivity contribution in [3.05, 3.63) is 71.2 Å². The Labute approximate surface area is 165 Å². The fourth-order valence-electron chi connectivity index (χ4n) is 3.74. The maximum atomic E-state index is 12.7. The number of ether oxygens (including phenoxy) is 1. The summed E-state index contributed by atoms with van der Waals surface area (Å²) in [6.07, 6.45) is 0.773. The first-order chi connectivity index (χ1) is 13.9. The molecule has 0 aliphatic heterocycles. The van der Waals surface area contributed by atoms with Crippen LogP contribution in [0.5, 0.6) is 5.75 Å². The highest BCUT2D eigenvalue weighted by Gasteiger charge is 2.30. The third-order valence-corrected chi connectivity index (χ3v) is 4.96. The summed E-state index contributed by atoms with van der Waals surface area (Å²) in [7, 11) is 0. The van der Waals surface area contributed by atoms with E-state index in [9.17, 15) is 18.0 Å². The average molecular weight is 400 g/mol. The number of rotatable bonds is 5. The number of benzene rings is 1. The maximum Gasteiger partial charge on any atom is 0.422 e. The first-order valence-electron chi connectivity index (χ1n) is 9.37. The molecule has 0 atom stereocenters. The van der Waals surface area contributed by atoms with Crippen LogP contribution in [0.15, 0.2) is 48.8 Å². The van der Waals surface area contributed by atoms with E-state index in [4.69, 9.17) is 4.74 Å². The van der Waals surface area contributed by atoms with Crippen molar-refractivity contribution in [3.8, 4) is 17.0 Å². The van der Waals surface area contributed by atoms with Gasteiger partial charge in [-0.1, -0.05) is 30.3 Å². The molecule has 4 nitrogen and oxygen atoms in total. The molecule has 2 aromatic heterocycles. The van der Waals surface area contributed by atoms with Gasteiger partial charge in [0.2, 0.25) is 0 Å². The lowest BCUT2D eigenvalue weighted by atomic mass is 9.89. The number of pyridine rings is 1. The largest absolute Gasteiger partial charge is 0.482 e. The highest BCUT2D eigenvalue weighted by atomic mass is 19.4. The molecule has 1 aliphatic carbocycles. The fourth-order valence-corrected chi connectivity index (χ4v) is 3.74. The molecule has 0 unspecified atom stereocenters. The van der Waals surface area contributed by atoms with Crippen LogP contribution in [0.25, 0.3) is 11.3 Å². The van der Waals surface area contributed by atoms with Gasteiger partial charge in [0.05, 0.1) is 11.9 Å². The van der Waals surface area contributed by atoms with E-state index in [1.54, 1.807) is 6.07 Å². The van der Waals surface area contributed by atoms with Crippen LogP contribution in [0, 0.1) is 0 Å². The number of Topliss-reactive ketones (excluding diaryl/α,β-unsaturated/α-hetero) is 1. The minimum absolute atomic E-state index is 0.0326. The van der Waals surface area contributed by atoms with Gasteiger partial charge >= 0.3 is 6.18 Å². The number of ketones is 1. The van der Waals surface area contributed by atoms with E-state index < -0.39 is 12.8 Å². The Morgan fingerprint density at radius 1 is 1.10 bits per heavy atom. The molecular weight excluding hydrogens is 381 g/mol. The zero-order chi connectivity index (χ0) is 20.4. The van der Waals surface area contributed by atoms with E-state index in [1.165, 1.54) is 12.4 Å². The van der Waals surface area contributed by atoms with E-state index in [0.717, 1.165) is 29.7 Å². The Hall–Kier alpha value is -3.09. The molecule has 0 saturated carbocycles. The minimum Gasteiger partial charge on any atom is -0.482 e. The van der Waals surface area contributed by atoms with Gasteiger partial charge in [-0.25, -0.2) is 0 Å². The molecular formula is C22H19F3N2O2. The van der Waals surface area contributed by atoms with Gasteiger partial charge < -0.3 is 9.72 Å². The van der Waals surface area contributed by atoms with Gasteiger partial charge in [0.1, 0.15) is 5.75 Å². The van der Waals surface area contributed by atoms with Gasteiger partial charge in [0, 0.05) is 35.9 Å². The second-order valence-electron chi connectivity index (χ2n) is 7.05. The molecule has 0 amide bonds. The Kier molecular flexibility index (Phi) is 5.13. The molecule has 150 valence electrons. The first kappa shape index (κ1) is 19.2. The number of carbonyl (C=O) groups excluding carboxylic acids is 1. The normalized spacial score (nSPS) is 14.0. The average Bonchev–Trinajstić information content (AvgIpc) is 3.06. The van der Waals surface area contributed by atoms with Crippen molar-refractivity contribution in [3.63, 3.8) is 0 Å². The number of halogens is 3. The lowest BCUT2D eigenvalue weighted by Gasteiger charge is -2.14. The molecule has 0 saturated heterocycles. The summed E-state index contributed by atoms with van der Waals surface area (Å²) < 4.78 is 43.1. The topological polar surface area (TPSA) is 55.0 Å². The summed E-state index contributed by atoms with van der Waals surface area (Å²) in [4.78, 5) is 19.9. The lowest BCUT2D eigenvalue weighted by Crippen LogP contribution is -2.19. The highest BCUT2D eigenvalue weighted by Crippen LogP contribution is 2.38. The zero-order valence-electron chi connectivity index (χ0n) is 15.6. The maximum absolute atomic E-state index is 12.7. The summed E-state index contributed by atoms with van der Waals surface area (Å²) >= 11 is 0. The van der Waals surface area contributed by atoms with E-state index in [1.807, 2.05) is 30.3 Å². The molecule has 0 spiro atoms. The van der Waals surface area contributed by atoms with Crippen molar-refractivity contribution >= 4 is 5.78 Å². The van der Waals surface area contributed by atoms with Gasteiger partial charge in [0.15, 0.2) is 12.4 Å². The molecule has 3 aromatic rings. The summed E-state index contributed by atoms with van der Waals surface area (Å²) in [5, 5.41) is 0. The summed E-state index contributed by atoms with van der Waals surface area (Å²) in [5.74, 6) is 0.0941. The Bertz CT molecular complexity index is 1030. The highest BCUT2D eigenvalue weighted by molar-refractivity contribution is 6.01. The van der Waals surface area contributed by atoms with E-state index in [-0.39, 0.29) is 11.5 Å². The SMILES string of the molecule is O=C1CCCc2[nH]c(-c3ccncc3OCC(F)(F)F)c(Cc3ccccc3)c21. The Morgan fingerprint density at radius 3 is 2.66 bits per heavy atom. The molecule has 2 heterocycles. The van der Waals surface area contributed by atoms with Crippen LogP contribution in [-0.4, -0.2) is 28.5 Å². The molecule has 1 aromatic carbocycles. The van der Waals surface area contributed by atoms with Gasteiger partial charge in [-0.2, -0.15) is 13.2 Å². The number of aromatic amines is 1. The van der Waals surface area contributed by atoms with Crippen molar-refractivity contribution in [2.75, 3.05) is 6.61 Å². The third-order valence-electron chi connectivity index (χ3n) is 4.96. The molecule has 0 radical (unpaired) electrons. The molecule has 7 heteroatoms. The first-order valence-corrected chi connectivity index (χ1v) is 9.37. The van der Waals surface area contributed by atoms with Gasteiger partial charge in [0.25, 0.3) is 0 Å². The van der Waals surface area contributed by atoms with Gasteiger partial charge in [-0.15, -0.1) is 0 Å².